The van der Waals surface area contributed by atoms with Crippen LogP contribution in [-0.4, -0.2) is 40.0 Å². The molecule has 0 aliphatic carbocycles. The summed E-state index contributed by atoms with van der Waals surface area (Å²) in [5.41, 5.74) is 1.04. The summed E-state index contributed by atoms with van der Waals surface area (Å²) in [5.74, 6) is 0.0977. The average molecular weight is 373 g/mol. The molecule has 2 N–H and O–H groups in total. The van der Waals surface area contributed by atoms with E-state index in [4.69, 9.17) is 0 Å². The zero-order valence-corrected chi connectivity index (χ0v) is 15.8. The summed E-state index contributed by atoms with van der Waals surface area (Å²) >= 11 is 1.65. The minimum Gasteiger partial charge on any atom is -0.311 e. The van der Waals surface area contributed by atoms with Crippen LogP contribution in [-0.2, 0) is 6.54 Å². The molecule has 1 aromatic carbocycles. The highest BCUT2D eigenvalue weighted by molar-refractivity contribution is 7.98. The molecule has 1 aromatic heterocycles. The molecule has 3 rings (SSSR count). The third kappa shape index (κ3) is 4.16. The number of aryl methyl sites for hydroxylation is 1. The van der Waals surface area contributed by atoms with Crippen molar-refractivity contribution in [3.8, 4) is 0 Å². The molecule has 1 saturated heterocycles. The molecular weight excluding hydrogens is 350 g/mol. The molecule has 2 heterocycles. The van der Waals surface area contributed by atoms with E-state index in [0.717, 1.165) is 29.8 Å². The first kappa shape index (κ1) is 18.7. The number of H-pyrrole nitrogens is 2. The number of piperidine rings is 1. The normalized spacial score (nSPS) is 18.0. The lowest BCUT2D eigenvalue weighted by Gasteiger charge is -2.32. The van der Waals surface area contributed by atoms with Gasteiger partial charge in [0.15, 0.2) is 5.78 Å². The predicted molar refractivity (Wildman–Crippen MR) is 103 cm³/mol. The van der Waals surface area contributed by atoms with E-state index in [1.807, 2.05) is 30.5 Å². The largest absolute Gasteiger partial charge is 0.325 e. The number of aromatic amines is 2. The number of nitrogens with one attached hydrogen (secondary N) is 2. The van der Waals surface area contributed by atoms with Crippen LogP contribution in [0.1, 0.15) is 34.5 Å². The van der Waals surface area contributed by atoms with Gasteiger partial charge in [-0.25, -0.2) is 4.79 Å². The van der Waals surface area contributed by atoms with Gasteiger partial charge in [-0.05, 0) is 44.7 Å². The summed E-state index contributed by atoms with van der Waals surface area (Å²) in [6.45, 7) is 3.63. The minimum atomic E-state index is -0.489. The monoisotopic (exact) mass is 373 g/mol. The summed E-state index contributed by atoms with van der Waals surface area (Å²) in [6.07, 6.45) is 3.79. The summed E-state index contributed by atoms with van der Waals surface area (Å²) in [5, 5.41) is 0. The number of aromatic nitrogens is 2. The van der Waals surface area contributed by atoms with Gasteiger partial charge >= 0.3 is 5.69 Å². The van der Waals surface area contributed by atoms with E-state index in [9.17, 15) is 14.4 Å². The number of rotatable bonds is 5. The first-order valence-electron chi connectivity index (χ1n) is 8.70. The van der Waals surface area contributed by atoms with Crippen LogP contribution in [0.4, 0.5) is 0 Å². The van der Waals surface area contributed by atoms with Gasteiger partial charge in [0.05, 0.1) is 5.56 Å². The topological polar surface area (TPSA) is 86.0 Å². The van der Waals surface area contributed by atoms with Gasteiger partial charge in [0.2, 0.25) is 0 Å². The Hall–Kier alpha value is -2.12. The van der Waals surface area contributed by atoms with E-state index in [-0.39, 0.29) is 17.3 Å². The molecule has 1 aliphatic heterocycles. The molecule has 138 valence electrons. The van der Waals surface area contributed by atoms with Gasteiger partial charge in [-0.1, -0.05) is 12.1 Å². The Bertz CT molecular complexity index is 901. The van der Waals surface area contributed by atoms with E-state index in [0.29, 0.717) is 24.3 Å². The maximum atomic E-state index is 12.8. The van der Waals surface area contributed by atoms with Gasteiger partial charge in [-0.3, -0.25) is 19.5 Å². The van der Waals surface area contributed by atoms with Crippen LogP contribution >= 0.6 is 11.8 Å². The van der Waals surface area contributed by atoms with Crippen molar-refractivity contribution in [1.82, 2.24) is 14.9 Å². The van der Waals surface area contributed by atoms with E-state index in [2.05, 4.69) is 14.9 Å². The third-order valence-corrected chi connectivity index (χ3v) is 5.63. The molecule has 1 atom stereocenters. The maximum absolute atomic E-state index is 12.8. The highest BCUT2D eigenvalue weighted by Gasteiger charge is 2.27. The number of nitrogens with zero attached hydrogens (tertiary/aromatic N) is 1. The molecule has 0 radical (unpaired) electrons. The molecule has 0 spiro atoms. The van der Waals surface area contributed by atoms with E-state index >= 15 is 0 Å². The van der Waals surface area contributed by atoms with Crippen molar-refractivity contribution in [1.29, 1.82) is 0 Å². The molecule has 26 heavy (non-hydrogen) atoms. The van der Waals surface area contributed by atoms with E-state index < -0.39 is 5.69 Å². The zero-order chi connectivity index (χ0) is 18.7. The molecule has 0 bridgehead atoms. The van der Waals surface area contributed by atoms with Crippen LogP contribution in [0.2, 0.25) is 0 Å². The lowest BCUT2D eigenvalue weighted by atomic mass is 9.90. The number of hydrogen-bond acceptors (Lipinski definition) is 5. The number of hydrogen-bond donors (Lipinski definition) is 2. The van der Waals surface area contributed by atoms with E-state index in [1.54, 1.807) is 18.7 Å². The van der Waals surface area contributed by atoms with E-state index in [1.165, 1.54) is 0 Å². The van der Waals surface area contributed by atoms with Gasteiger partial charge in [0.25, 0.3) is 5.56 Å². The zero-order valence-electron chi connectivity index (χ0n) is 15.0. The standard InChI is InChI=1S/C19H23N3O3S/c1-12-16(18(24)21-19(25)20-12)11-22-9-3-4-14(10-22)17(23)13-5-7-15(26-2)8-6-13/h5-8,14H,3-4,9-11H2,1-2H3,(H2,20,21,24,25)/t14-/m0/s1. The summed E-state index contributed by atoms with van der Waals surface area (Å²) in [6, 6.07) is 7.73. The first-order chi connectivity index (χ1) is 12.5. The van der Waals surface area contributed by atoms with Gasteiger partial charge in [-0.15, -0.1) is 11.8 Å². The number of likely N-dealkylation sites (tertiary alicyclic amines) is 1. The van der Waals surface area contributed by atoms with Crippen molar-refractivity contribution < 1.29 is 4.79 Å². The maximum Gasteiger partial charge on any atom is 0.325 e. The van der Waals surface area contributed by atoms with Gasteiger partial charge in [-0.2, -0.15) is 0 Å². The smallest absolute Gasteiger partial charge is 0.311 e. The van der Waals surface area contributed by atoms with Crippen LogP contribution in [0, 0.1) is 12.8 Å². The van der Waals surface area contributed by atoms with Crippen LogP contribution in [0.5, 0.6) is 0 Å². The summed E-state index contributed by atoms with van der Waals surface area (Å²) < 4.78 is 0. The predicted octanol–water partition coefficient (Wildman–Crippen LogP) is 2.19. The van der Waals surface area contributed by atoms with Gasteiger partial charge in [0.1, 0.15) is 0 Å². The van der Waals surface area contributed by atoms with Crippen LogP contribution in [0.3, 0.4) is 0 Å². The Balaban J connectivity index is 1.72. The first-order valence-corrected chi connectivity index (χ1v) is 9.93. The Morgan fingerprint density at radius 2 is 1.96 bits per heavy atom. The Morgan fingerprint density at radius 3 is 2.62 bits per heavy atom. The Kier molecular flexibility index (Phi) is 5.78. The van der Waals surface area contributed by atoms with Crippen molar-refractivity contribution in [2.75, 3.05) is 19.3 Å². The molecule has 0 unspecified atom stereocenters. The fourth-order valence-corrected chi connectivity index (χ4v) is 3.85. The molecular formula is C19H23N3O3S. The number of thioether (sulfide) groups is 1. The van der Waals surface area contributed by atoms with Gasteiger partial charge in [0, 0.05) is 35.2 Å². The minimum absolute atomic E-state index is 0.0639. The molecule has 0 amide bonds. The molecule has 1 fully saturated rings. The van der Waals surface area contributed by atoms with Crippen LogP contribution < -0.4 is 11.2 Å². The summed E-state index contributed by atoms with van der Waals surface area (Å²) in [7, 11) is 0. The van der Waals surface area contributed by atoms with Gasteiger partial charge < -0.3 is 4.98 Å². The second kappa shape index (κ2) is 8.05. The van der Waals surface area contributed by atoms with Crippen molar-refractivity contribution in [2.24, 2.45) is 5.92 Å². The molecule has 2 aromatic rings. The Labute approximate surface area is 156 Å². The third-order valence-electron chi connectivity index (χ3n) is 4.89. The number of Topliss-reactive ketones (excluding diaryl/α,β-unsaturated/α-hetero) is 1. The lowest BCUT2D eigenvalue weighted by molar-refractivity contribution is 0.0811. The van der Waals surface area contributed by atoms with Crippen molar-refractivity contribution >= 4 is 17.5 Å². The second-order valence-electron chi connectivity index (χ2n) is 6.68. The highest BCUT2D eigenvalue weighted by atomic mass is 32.2. The second-order valence-corrected chi connectivity index (χ2v) is 7.56. The SMILES string of the molecule is CSc1ccc(C(=O)[C@H]2CCCN(Cc3c(C)[nH]c(=O)[nH]c3=O)C2)cc1. The number of ketones is 1. The lowest BCUT2D eigenvalue weighted by Crippen LogP contribution is -2.40. The number of benzene rings is 1. The average Bonchev–Trinajstić information content (AvgIpc) is 2.64. The van der Waals surface area contributed by atoms with Crippen LogP contribution in [0.15, 0.2) is 38.8 Å². The van der Waals surface area contributed by atoms with Crippen LogP contribution in [0.25, 0.3) is 0 Å². The number of carbonyl (C=O) groups is 1. The van der Waals surface area contributed by atoms with Crippen molar-refractivity contribution in [3.63, 3.8) is 0 Å². The van der Waals surface area contributed by atoms with Crippen molar-refractivity contribution in [2.45, 2.75) is 31.2 Å². The fraction of sp³-hybridized carbons (Fsp3) is 0.421. The summed E-state index contributed by atoms with van der Waals surface area (Å²) in [4.78, 5) is 44.4. The molecule has 0 saturated carbocycles. The highest BCUT2D eigenvalue weighted by Crippen LogP contribution is 2.23. The number of carbonyl (C=O) groups excluding carboxylic acids is 1. The van der Waals surface area contributed by atoms with Crippen molar-refractivity contribution in [3.05, 3.63) is 61.9 Å². The molecule has 6 nitrogen and oxygen atoms in total. The quantitative estimate of drug-likeness (QED) is 0.620. The molecule has 7 heteroatoms. The fourth-order valence-electron chi connectivity index (χ4n) is 3.44. The molecule has 1 aliphatic rings. The Morgan fingerprint density at radius 1 is 1.23 bits per heavy atom.